The minimum atomic E-state index is -3.40. The molecule has 1 aromatic rings. The van der Waals surface area contributed by atoms with Crippen LogP contribution in [0.2, 0.25) is 0 Å². The summed E-state index contributed by atoms with van der Waals surface area (Å²) in [7, 11) is -3.40. The van der Waals surface area contributed by atoms with Crippen LogP contribution >= 0.6 is 0 Å². The average Bonchev–Trinajstić information content (AvgIpc) is 3.15. The van der Waals surface area contributed by atoms with Gasteiger partial charge in [0.1, 0.15) is 6.10 Å². The summed E-state index contributed by atoms with van der Waals surface area (Å²) in [5.41, 5.74) is 0.874. The van der Waals surface area contributed by atoms with Crippen molar-refractivity contribution in [2.75, 3.05) is 19.7 Å². The van der Waals surface area contributed by atoms with Crippen LogP contribution in [0.25, 0.3) is 0 Å². The van der Waals surface area contributed by atoms with E-state index in [0.29, 0.717) is 31.1 Å². The van der Waals surface area contributed by atoms with Crippen molar-refractivity contribution in [3.05, 3.63) is 29.8 Å². The van der Waals surface area contributed by atoms with Crippen LogP contribution in [0.1, 0.15) is 37.7 Å². The van der Waals surface area contributed by atoms with Gasteiger partial charge in [0, 0.05) is 26.2 Å². The van der Waals surface area contributed by atoms with E-state index in [1.165, 1.54) is 0 Å². The average molecular weight is 352 g/mol. The van der Waals surface area contributed by atoms with Gasteiger partial charge in [-0.05, 0) is 43.4 Å². The lowest BCUT2D eigenvalue weighted by atomic mass is 10.2. The molecule has 2 fully saturated rings. The molecule has 0 saturated carbocycles. The number of carbonyl (C=O) groups excluding carboxylic acids is 1. The van der Waals surface area contributed by atoms with Crippen LogP contribution in [0.5, 0.6) is 0 Å². The Hall–Kier alpha value is -1.44. The van der Waals surface area contributed by atoms with Gasteiger partial charge in [-0.1, -0.05) is 18.6 Å². The van der Waals surface area contributed by atoms with E-state index in [1.807, 2.05) is 0 Å². The van der Waals surface area contributed by atoms with Gasteiger partial charge < -0.3 is 10.1 Å². The zero-order valence-electron chi connectivity index (χ0n) is 13.7. The molecule has 0 bridgehead atoms. The molecule has 1 aromatic carbocycles. The number of amides is 1. The third kappa shape index (κ3) is 3.96. The Morgan fingerprint density at radius 2 is 1.83 bits per heavy atom. The molecule has 2 heterocycles. The van der Waals surface area contributed by atoms with Crippen LogP contribution in [0.4, 0.5) is 0 Å². The van der Waals surface area contributed by atoms with E-state index in [0.717, 1.165) is 37.7 Å². The van der Waals surface area contributed by atoms with Gasteiger partial charge in [0.2, 0.25) is 15.9 Å². The highest BCUT2D eigenvalue weighted by atomic mass is 32.2. The quantitative estimate of drug-likeness (QED) is 0.874. The van der Waals surface area contributed by atoms with Crippen molar-refractivity contribution in [2.24, 2.45) is 0 Å². The van der Waals surface area contributed by atoms with Gasteiger partial charge in [0.15, 0.2) is 0 Å². The maximum Gasteiger partial charge on any atom is 0.249 e. The maximum absolute atomic E-state index is 12.6. The fraction of sp³-hybridized carbons (Fsp3) is 0.588. The van der Waals surface area contributed by atoms with Crippen LogP contribution in [-0.2, 0) is 26.1 Å². The van der Waals surface area contributed by atoms with Crippen molar-refractivity contribution in [3.8, 4) is 0 Å². The summed E-state index contributed by atoms with van der Waals surface area (Å²) in [5, 5.41) is 2.84. The summed E-state index contributed by atoms with van der Waals surface area (Å²) in [5.74, 6) is -0.0995. The highest BCUT2D eigenvalue weighted by Gasteiger charge is 2.26. The van der Waals surface area contributed by atoms with Gasteiger partial charge in [-0.25, -0.2) is 8.42 Å². The Morgan fingerprint density at radius 3 is 2.46 bits per heavy atom. The number of benzene rings is 1. The van der Waals surface area contributed by atoms with E-state index < -0.39 is 10.0 Å². The number of ether oxygens (including phenoxy) is 1. The molecular formula is C17H24N2O4S. The first-order valence-corrected chi connectivity index (χ1v) is 10.00. The number of sulfonamides is 1. The van der Waals surface area contributed by atoms with Gasteiger partial charge in [0.05, 0.1) is 4.90 Å². The molecule has 132 valence electrons. The Kier molecular flexibility index (Phi) is 5.53. The van der Waals surface area contributed by atoms with E-state index in [4.69, 9.17) is 4.74 Å². The predicted molar refractivity (Wildman–Crippen MR) is 89.9 cm³/mol. The first-order valence-electron chi connectivity index (χ1n) is 8.56. The van der Waals surface area contributed by atoms with Gasteiger partial charge in [-0.15, -0.1) is 0 Å². The highest BCUT2D eigenvalue weighted by molar-refractivity contribution is 7.89. The highest BCUT2D eigenvalue weighted by Crippen LogP contribution is 2.21. The molecule has 1 N–H and O–H groups in total. The van der Waals surface area contributed by atoms with Crippen LogP contribution in [0.15, 0.2) is 29.2 Å². The lowest BCUT2D eigenvalue weighted by Crippen LogP contribution is -2.35. The van der Waals surface area contributed by atoms with E-state index in [1.54, 1.807) is 28.6 Å². The van der Waals surface area contributed by atoms with Gasteiger partial charge in [-0.3, -0.25) is 4.79 Å². The normalized spacial score (nSPS) is 22.4. The predicted octanol–water partition coefficient (Wildman–Crippen LogP) is 1.66. The summed E-state index contributed by atoms with van der Waals surface area (Å²) < 4.78 is 32.1. The van der Waals surface area contributed by atoms with E-state index in [-0.39, 0.29) is 12.0 Å². The van der Waals surface area contributed by atoms with Crippen molar-refractivity contribution in [2.45, 2.75) is 49.6 Å². The minimum absolute atomic E-state index is 0.0995. The van der Waals surface area contributed by atoms with E-state index in [2.05, 4.69) is 5.32 Å². The molecular weight excluding hydrogens is 328 g/mol. The van der Waals surface area contributed by atoms with Gasteiger partial charge in [-0.2, -0.15) is 4.31 Å². The fourth-order valence-electron chi connectivity index (χ4n) is 3.12. The van der Waals surface area contributed by atoms with Gasteiger partial charge in [0.25, 0.3) is 0 Å². The summed E-state index contributed by atoms with van der Waals surface area (Å²) in [6.07, 6.45) is 4.28. The molecule has 0 aromatic heterocycles. The van der Waals surface area contributed by atoms with Crippen molar-refractivity contribution in [1.82, 2.24) is 9.62 Å². The Labute approximate surface area is 143 Å². The second kappa shape index (κ2) is 7.63. The van der Waals surface area contributed by atoms with Crippen molar-refractivity contribution in [3.63, 3.8) is 0 Å². The van der Waals surface area contributed by atoms with Crippen LogP contribution in [0, 0.1) is 0 Å². The Morgan fingerprint density at radius 1 is 1.12 bits per heavy atom. The second-order valence-corrected chi connectivity index (χ2v) is 8.27. The van der Waals surface area contributed by atoms with Crippen molar-refractivity contribution >= 4 is 15.9 Å². The number of nitrogens with one attached hydrogen (secondary N) is 1. The van der Waals surface area contributed by atoms with E-state index >= 15 is 0 Å². The maximum atomic E-state index is 12.6. The number of carbonyl (C=O) groups is 1. The first-order chi connectivity index (χ1) is 11.6. The van der Waals surface area contributed by atoms with Gasteiger partial charge >= 0.3 is 0 Å². The number of piperidine rings is 1. The van der Waals surface area contributed by atoms with Crippen LogP contribution < -0.4 is 5.32 Å². The van der Waals surface area contributed by atoms with Crippen LogP contribution in [0.3, 0.4) is 0 Å². The molecule has 0 spiro atoms. The molecule has 1 unspecified atom stereocenters. The molecule has 6 nitrogen and oxygen atoms in total. The number of hydrogen-bond acceptors (Lipinski definition) is 4. The molecule has 24 heavy (non-hydrogen) atoms. The third-order valence-corrected chi connectivity index (χ3v) is 6.48. The minimum Gasteiger partial charge on any atom is -0.368 e. The lowest BCUT2D eigenvalue weighted by molar-refractivity contribution is -0.130. The smallest absolute Gasteiger partial charge is 0.249 e. The molecule has 2 aliphatic rings. The second-order valence-electron chi connectivity index (χ2n) is 6.33. The standard InChI is InChI=1S/C17H24N2O4S/c20-17(16-5-4-12-23-16)18-13-14-6-8-15(9-7-14)24(21,22)19-10-2-1-3-11-19/h6-9,16H,1-5,10-13H2,(H,18,20). The Balaban J connectivity index is 1.59. The first kappa shape index (κ1) is 17.4. The molecule has 1 amide bonds. The SMILES string of the molecule is O=C(NCc1ccc(S(=O)(=O)N2CCCCC2)cc1)C1CCCO1. The fourth-order valence-corrected chi connectivity index (χ4v) is 4.64. The molecule has 3 rings (SSSR count). The number of rotatable bonds is 5. The lowest BCUT2D eigenvalue weighted by Gasteiger charge is -2.25. The zero-order valence-corrected chi connectivity index (χ0v) is 14.6. The summed E-state index contributed by atoms with van der Waals surface area (Å²) >= 11 is 0. The number of hydrogen-bond donors (Lipinski definition) is 1. The number of nitrogens with zero attached hydrogens (tertiary/aromatic N) is 1. The van der Waals surface area contributed by atoms with Crippen molar-refractivity contribution < 1.29 is 17.9 Å². The Bertz CT molecular complexity index is 660. The zero-order chi connectivity index (χ0) is 17.0. The summed E-state index contributed by atoms with van der Waals surface area (Å²) in [4.78, 5) is 12.2. The molecule has 7 heteroatoms. The van der Waals surface area contributed by atoms with Crippen LogP contribution in [-0.4, -0.2) is 44.4 Å². The van der Waals surface area contributed by atoms with Crippen molar-refractivity contribution in [1.29, 1.82) is 0 Å². The third-order valence-electron chi connectivity index (χ3n) is 4.57. The summed E-state index contributed by atoms with van der Waals surface area (Å²) in [6, 6.07) is 6.76. The summed E-state index contributed by atoms with van der Waals surface area (Å²) in [6.45, 7) is 2.22. The monoisotopic (exact) mass is 352 g/mol. The molecule has 0 radical (unpaired) electrons. The topological polar surface area (TPSA) is 75.7 Å². The molecule has 2 aliphatic heterocycles. The largest absolute Gasteiger partial charge is 0.368 e. The van der Waals surface area contributed by atoms with E-state index in [9.17, 15) is 13.2 Å². The molecule has 1 atom stereocenters. The molecule has 0 aliphatic carbocycles. The molecule has 2 saturated heterocycles.